The van der Waals surface area contributed by atoms with Gasteiger partial charge >= 0.3 is 6.18 Å². The Labute approximate surface area is 175 Å². The van der Waals surface area contributed by atoms with Crippen LogP contribution in [0.1, 0.15) is 18.9 Å². The Morgan fingerprint density at radius 3 is 2.52 bits per heavy atom. The zero-order chi connectivity index (χ0) is 22.4. The molecule has 1 saturated heterocycles. The molecule has 0 spiro atoms. The molecule has 10 heteroatoms. The van der Waals surface area contributed by atoms with Crippen LogP contribution in [-0.2, 0) is 18.0 Å². The van der Waals surface area contributed by atoms with Crippen molar-refractivity contribution in [2.24, 2.45) is 12.5 Å². The number of amides is 1. The Balaban J connectivity index is 1.78. The molecule has 1 amide bonds. The number of alkyl halides is 3. The number of anilines is 1. The zero-order valence-corrected chi connectivity index (χ0v) is 16.9. The predicted molar refractivity (Wildman–Crippen MR) is 109 cm³/mol. The molecule has 1 aliphatic heterocycles. The Morgan fingerprint density at radius 1 is 1.19 bits per heavy atom. The van der Waals surface area contributed by atoms with E-state index in [9.17, 15) is 22.8 Å². The SMILES string of the molecule is Cn1cnc2c(-c3ccc(C(F)(F)F)cc3)cnc(NC[C@@]3(C)CCNC3=O)c2c1=O. The summed E-state index contributed by atoms with van der Waals surface area (Å²) in [6, 6.07) is 4.62. The third-order valence-corrected chi connectivity index (χ3v) is 5.63. The Hall–Kier alpha value is -3.43. The Bertz CT molecular complexity index is 1220. The normalized spacial score (nSPS) is 18.9. The summed E-state index contributed by atoms with van der Waals surface area (Å²) >= 11 is 0. The molecule has 1 atom stereocenters. The summed E-state index contributed by atoms with van der Waals surface area (Å²) in [4.78, 5) is 33.7. The van der Waals surface area contributed by atoms with Gasteiger partial charge in [0.2, 0.25) is 5.91 Å². The lowest BCUT2D eigenvalue weighted by atomic mass is 9.89. The van der Waals surface area contributed by atoms with Gasteiger partial charge in [0.1, 0.15) is 11.2 Å². The average molecular weight is 431 g/mol. The van der Waals surface area contributed by atoms with Crippen LogP contribution in [0.25, 0.3) is 22.0 Å². The molecule has 162 valence electrons. The van der Waals surface area contributed by atoms with Crippen molar-refractivity contribution in [1.82, 2.24) is 19.9 Å². The first-order chi connectivity index (χ1) is 14.6. The number of pyridine rings is 1. The number of halogens is 3. The van der Waals surface area contributed by atoms with Gasteiger partial charge in [-0.15, -0.1) is 0 Å². The lowest BCUT2D eigenvalue weighted by Gasteiger charge is -2.21. The highest BCUT2D eigenvalue weighted by Gasteiger charge is 2.37. The standard InChI is InChI=1S/C21H20F3N5O2/c1-20(7-8-25-19(20)31)10-27-17-15-16(28-11-29(2)18(15)30)14(9-26-17)12-3-5-13(6-4-12)21(22,23)24/h3-6,9,11H,7-8,10H2,1-2H3,(H,25,31)(H,26,27)/t20-/m1/s1. The predicted octanol–water partition coefficient (Wildman–Crippen LogP) is 2.95. The summed E-state index contributed by atoms with van der Waals surface area (Å²) in [5.41, 5.74) is -0.528. The second-order valence-electron chi connectivity index (χ2n) is 7.90. The fourth-order valence-corrected chi connectivity index (χ4v) is 3.62. The van der Waals surface area contributed by atoms with Gasteiger partial charge in [0.05, 0.1) is 22.8 Å². The van der Waals surface area contributed by atoms with Crippen molar-refractivity contribution in [2.45, 2.75) is 19.5 Å². The van der Waals surface area contributed by atoms with Crippen molar-refractivity contribution in [3.63, 3.8) is 0 Å². The molecule has 0 radical (unpaired) electrons. The molecule has 1 fully saturated rings. The number of aromatic nitrogens is 3. The van der Waals surface area contributed by atoms with Gasteiger partial charge in [-0.25, -0.2) is 9.97 Å². The molecule has 3 heterocycles. The van der Waals surface area contributed by atoms with Gasteiger partial charge in [-0.1, -0.05) is 12.1 Å². The van der Waals surface area contributed by atoms with Gasteiger partial charge in [-0.3, -0.25) is 9.59 Å². The van der Waals surface area contributed by atoms with Crippen molar-refractivity contribution in [2.75, 3.05) is 18.4 Å². The highest BCUT2D eigenvalue weighted by atomic mass is 19.4. The minimum absolute atomic E-state index is 0.0725. The number of rotatable bonds is 4. The van der Waals surface area contributed by atoms with E-state index in [2.05, 4.69) is 20.6 Å². The van der Waals surface area contributed by atoms with Crippen LogP contribution in [0, 0.1) is 5.41 Å². The largest absolute Gasteiger partial charge is 0.416 e. The van der Waals surface area contributed by atoms with Crippen molar-refractivity contribution in [3.05, 3.63) is 52.7 Å². The first-order valence-corrected chi connectivity index (χ1v) is 9.64. The fourth-order valence-electron chi connectivity index (χ4n) is 3.62. The van der Waals surface area contributed by atoms with Crippen molar-refractivity contribution < 1.29 is 18.0 Å². The van der Waals surface area contributed by atoms with E-state index in [4.69, 9.17) is 0 Å². The minimum Gasteiger partial charge on any atom is -0.368 e. The van der Waals surface area contributed by atoms with Crippen LogP contribution in [0.2, 0.25) is 0 Å². The average Bonchev–Trinajstić information content (AvgIpc) is 3.07. The summed E-state index contributed by atoms with van der Waals surface area (Å²) in [5, 5.41) is 6.11. The van der Waals surface area contributed by atoms with Gasteiger partial charge in [-0.2, -0.15) is 13.2 Å². The van der Waals surface area contributed by atoms with E-state index in [1.165, 1.54) is 29.2 Å². The number of benzene rings is 1. The lowest BCUT2D eigenvalue weighted by molar-refractivity contribution is -0.137. The number of hydrogen-bond donors (Lipinski definition) is 2. The molecule has 0 aliphatic carbocycles. The second-order valence-corrected chi connectivity index (χ2v) is 7.90. The Kier molecular flexibility index (Phi) is 4.95. The molecular weight excluding hydrogens is 411 g/mol. The summed E-state index contributed by atoms with van der Waals surface area (Å²) in [7, 11) is 1.55. The first-order valence-electron chi connectivity index (χ1n) is 9.64. The molecule has 1 aliphatic rings. The molecule has 31 heavy (non-hydrogen) atoms. The van der Waals surface area contributed by atoms with Crippen LogP contribution in [0.15, 0.2) is 41.6 Å². The maximum absolute atomic E-state index is 12.9. The first kappa shape index (κ1) is 20.8. The van der Waals surface area contributed by atoms with Crippen molar-refractivity contribution in [3.8, 4) is 11.1 Å². The van der Waals surface area contributed by atoms with E-state index >= 15 is 0 Å². The summed E-state index contributed by atoms with van der Waals surface area (Å²) < 4.78 is 40.0. The van der Waals surface area contributed by atoms with E-state index in [0.29, 0.717) is 29.6 Å². The van der Waals surface area contributed by atoms with Crippen LogP contribution in [0.3, 0.4) is 0 Å². The van der Waals surface area contributed by atoms with Crippen molar-refractivity contribution in [1.29, 1.82) is 0 Å². The Morgan fingerprint density at radius 2 is 1.90 bits per heavy atom. The summed E-state index contributed by atoms with van der Waals surface area (Å²) in [6.07, 6.45) is -0.968. The number of fused-ring (bicyclic) bond motifs is 1. The number of nitrogens with one attached hydrogen (secondary N) is 2. The smallest absolute Gasteiger partial charge is 0.368 e. The van der Waals surface area contributed by atoms with Crippen LogP contribution in [-0.4, -0.2) is 33.5 Å². The second kappa shape index (κ2) is 7.36. The molecule has 4 rings (SSSR count). The maximum atomic E-state index is 12.9. The number of hydrogen-bond acceptors (Lipinski definition) is 5. The summed E-state index contributed by atoms with van der Waals surface area (Å²) in [5.74, 6) is 0.206. The van der Waals surface area contributed by atoms with E-state index in [0.717, 1.165) is 12.1 Å². The monoisotopic (exact) mass is 431 g/mol. The minimum atomic E-state index is -4.44. The molecule has 1 aromatic carbocycles. The van der Waals surface area contributed by atoms with Gasteiger partial charge < -0.3 is 15.2 Å². The van der Waals surface area contributed by atoms with Gasteiger partial charge in [0.15, 0.2) is 0 Å². The zero-order valence-electron chi connectivity index (χ0n) is 16.9. The third-order valence-electron chi connectivity index (χ3n) is 5.63. The molecule has 0 bridgehead atoms. The molecule has 2 N–H and O–H groups in total. The highest BCUT2D eigenvalue weighted by molar-refractivity contribution is 5.98. The van der Waals surface area contributed by atoms with Crippen LogP contribution < -0.4 is 16.2 Å². The molecule has 3 aromatic rings. The molecule has 7 nitrogen and oxygen atoms in total. The summed E-state index contributed by atoms with van der Waals surface area (Å²) in [6.45, 7) is 2.69. The molecule has 2 aromatic heterocycles. The topological polar surface area (TPSA) is 88.9 Å². The van der Waals surface area contributed by atoms with E-state index in [-0.39, 0.29) is 29.2 Å². The van der Waals surface area contributed by atoms with E-state index in [1.54, 1.807) is 7.05 Å². The van der Waals surface area contributed by atoms with Gasteiger partial charge in [0, 0.05) is 31.9 Å². The van der Waals surface area contributed by atoms with E-state index in [1.807, 2.05) is 6.92 Å². The quantitative estimate of drug-likeness (QED) is 0.663. The maximum Gasteiger partial charge on any atom is 0.416 e. The van der Waals surface area contributed by atoms with Crippen LogP contribution in [0.5, 0.6) is 0 Å². The van der Waals surface area contributed by atoms with Crippen molar-refractivity contribution >= 4 is 22.6 Å². The number of carbonyl (C=O) groups is 1. The number of nitrogens with zero attached hydrogens (tertiary/aromatic N) is 3. The van der Waals surface area contributed by atoms with Crippen LogP contribution in [0.4, 0.5) is 19.0 Å². The molecule has 0 unspecified atom stereocenters. The van der Waals surface area contributed by atoms with Gasteiger partial charge in [0.25, 0.3) is 5.56 Å². The molecular formula is C21H20F3N5O2. The van der Waals surface area contributed by atoms with Crippen LogP contribution >= 0.6 is 0 Å². The highest BCUT2D eigenvalue weighted by Crippen LogP contribution is 2.33. The molecule has 0 saturated carbocycles. The fraction of sp³-hybridized carbons (Fsp3) is 0.333. The van der Waals surface area contributed by atoms with E-state index < -0.39 is 17.2 Å². The third kappa shape index (κ3) is 3.73. The van der Waals surface area contributed by atoms with Gasteiger partial charge in [-0.05, 0) is 31.0 Å². The number of aryl methyl sites for hydroxylation is 1. The number of carbonyl (C=O) groups excluding carboxylic acids is 1. The lowest BCUT2D eigenvalue weighted by Crippen LogP contribution is -2.35.